The lowest BCUT2D eigenvalue weighted by Crippen LogP contribution is -1.80. The van der Waals surface area contributed by atoms with Crippen LogP contribution in [-0.2, 0) is 5.75 Å². The van der Waals surface area contributed by atoms with Crippen LogP contribution in [0.4, 0.5) is 5.13 Å². The summed E-state index contributed by atoms with van der Waals surface area (Å²) in [6.07, 6.45) is 1.83. The molecule has 0 saturated carbocycles. The Kier molecular flexibility index (Phi) is 3.05. The average Bonchev–Trinajstić information content (AvgIpc) is 2.72. The number of rotatable bonds is 3. The van der Waals surface area contributed by atoms with Gasteiger partial charge in [0.05, 0.1) is 15.7 Å². The van der Waals surface area contributed by atoms with Crippen molar-refractivity contribution >= 4 is 39.6 Å². The molecule has 0 unspecified atom stereocenters. The fourth-order valence-corrected chi connectivity index (χ4v) is 3.66. The number of nitrogen functional groups attached to an aromatic ring is 1. The van der Waals surface area contributed by atoms with Gasteiger partial charge in [-0.05, 0) is 6.92 Å². The number of hydrogen-bond donors (Lipinski definition) is 1. The first-order valence-corrected chi connectivity index (χ1v) is 6.68. The van der Waals surface area contributed by atoms with Crippen molar-refractivity contribution in [1.82, 2.24) is 9.97 Å². The van der Waals surface area contributed by atoms with Crippen molar-refractivity contribution in [1.29, 1.82) is 0 Å². The third-order valence-corrected chi connectivity index (χ3v) is 4.90. The molecule has 2 N–H and O–H groups in total. The van der Waals surface area contributed by atoms with Gasteiger partial charge in [0.1, 0.15) is 5.01 Å². The van der Waals surface area contributed by atoms with E-state index in [1.54, 1.807) is 34.4 Å². The number of nitrogens with zero attached hydrogens (tertiary/aromatic N) is 2. The summed E-state index contributed by atoms with van der Waals surface area (Å²) in [5.74, 6) is 0.903. The molecule has 0 radical (unpaired) electrons. The summed E-state index contributed by atoms with van der Waals surface area (Å²) < 4.78 is 1.19. The standard InChI is InChI=1S/C8H9N3S3/c1-5-7(14-8(9)11-5)13-4-6-10-2-3-12-6/h2-3H,4H2,1H3,(H2,9,11). The van der Waals surface area contributed by atoms with Crippen LogP contribution < -0.4 is 5.73 Å². The first-order chi connectivity index (χ1) is 6.75. The molecule has 0 bridgehead atoms. The zero-order chi connectivity index (χ0) is 9.97. The molecule has 0 atom stereocenters. The molecule has 0 fully saturated rings. The highest BCUT2D eigenvalue weighted by atomic mass is 32.2. The molecule has 0 spiro atoms. The molecule has 0 saturated heterocycles. The number of anilines is 1. The summed E-state index contributed by atoms with van der Waals surface area (Å²) in [6, 6.07) is 0. The van der Waals surface area contributed by atoms with Crippen LogP contribution in [0.5, 0.6) is 0 Å². The van der Waals surface area contributed by atoms with Gasteiger partial charge in [-0.25, -0.2) is 9.97 Å². The average molecular weight is 243 g/mol. The molecule has 14 heavy (non-hydrogen) atoms. The molecule has 6 heteroatoms. The molecular formula is C8H9N3S3. The van der Waals surface area contributed by atoms with Crippen molar-refractivity contribution in [3.63, 3.8) is 0 Å². The number of thioether (sulfide) groups is 1. The third-order valence-electron chi connectivity index (χ3n) is 1.58. The third kappa shape index (κ3) is 2.26. The van der Waals surface area contributed by atoms with E-state index in [1.165, 1.54) is 4.21 Å². The van der Waals surface area contributed by atoms with Crippen LogP contribution in [0.1, 0.15) is 10.7 Å². The highest BCUT2D eigenvalue weighted by molar-refractivity contribution is 8.00. The Morgan fingerprint density at radius 1 is 1.57 bits per heavy atom. The molecule has 0 aromatic carbocycles. The van der Waals surface area contributed by atoms with Gasteiger partial charge in [0.25, 0.3) is 0 Å². The number of nitrogens with two attached hydrogens (primary N) is 1. The van der Waals surface area contributed by atoms with Crippen LogP contribution in [0.3, 0.4) is 0 Å². The van der Waals surface area contributed by atoms with Gasteiger partial charge in [-0.3, -0.25) is 0 Å². The van der Waals surface area contributed by atoms with Crippen LogP contribution in [0.25, 0.3) is 0 Å². The van der Waals surface area contributed by atoms with Crippen LogP contribution in [0.2, 0.25) is 0 Å². The van der Waals surface area contributed by atoms with E-state index in [2.05, 4.69) is 9.97 Å². The minimum absolute atomic E-state index is 0.643. The van der Waals surface area contributed by atoms with Crippen molar-refractivity contribution in [2.24, 2.45) is 0 Å². The van der Waals surface area contributed by atoms with Crippen molar-refractivity contribution < 1.29 is 0 Å². The lowest BCUT2D eigenvalue weighted by molar-refractivity contribution is 1.21. The molecular weight excluding hydrogens is 234 g/mol. The van der Waals surface area contributed by atoms with Gasteiger partial charge in [0.2, 0.25) is 0 Å². The molecule has 2 heterocycles. The van der Waals surface area contributed by atoms with Crippen molar-refractivity contribution in [2.45, 2.75) is 16.9 Å². The number of thiazole rings is 2. The lowest BCUT2D eigenvalue weighted by Gasteiger charge is -1.94. The predicted octanol–water partition coefficient (Wildman–Crippen LogP) is 2.78. The van der Waals surface area contributed by atoms with Crippen LogP contribution >= 0.6 is 34.4 Å². The van der Waals surface area contributed by atoms with Crippen LogP contribution in [-0.4, -0.2) is 9.97 Å². The second-order valence-corrected chi connectivity index (χ2v) is 5.89. The van der Waals surface area contributed by atoms with Crippen molar-refractivity contribution in [2.75, 3.05) is 5.73 Å². The quantitative estimate of drug-likeness (QED) is 0.842. The van der Waals surface area contributed by atoms with Gasteiger partial charge in [-0.1, -0.05) is 11.3 Å². The van der Waals surface area contributed by atoms with Crippen LogP contribution in [0.15, 0.2) is 15.8 Å². The van der Waals surface area contributed by atoms with Gasteiger partial charge in [-0.2, -0.15) is 0 Å². The first kappa shape index (κ1) is 9.95. The van der Waals surface area contributed by atoms with Crippen LogP contribution in [0, 0.1) is 6.92 Å². The summed E-state index contributed by atoms with van der Waals surface area (Å²) in [7, 11) is 0. The maximum absolute atomic E-state index is 5.61. The SMILES string of the molecule is Cc1nc(N)sc1SCc1nccs1. The Morgan fingerprint density at radius 2 is 2.43 bits per heavy atom. The summed E-state index contributed by atoms with van der Waals surface area (Å²) in [6.45, 7) is 1.98. The van der Waals surface area contributed by atoms with Crippen molar-refractivity contribution in [3.8, 4) is 0 Å². The van der Waals surface area contributed by atoms with Gasteiger partial charge in [0, 0.05) is 11.6 Å². The number of aryl methyl sites for hydroxylation is 1. The van der Waals surface area contributed by atoms with E-state index >= 15 is 0 Å². The molecule has 2 aromatic rings. The van der Waals surface area contributed by atoms with E-state index in [0.29, 0.717) is 5.13 Å². The smallest absolute Gasteiger partial charge is 0.181 e. The summed E-state index contributed by atoms with van der Waals surface area (Å²) in [4.78, 5) is 8.39. The Labute approximate surface area is 94.4 Å². The first-order valence-electron chi connectivity index (χ1n) is 4.00. The zero-order valence-electron chi connectivity index (χ0n) is 7.56. The van der Waals surface area contributed by atoms with Gasteiger partial charge in [0.15, 0.2) is 5.13 Å². The largest absolute Gasteiger partial charge is 0.375 e. The van der Waals surface area contributed by atoms with Gasteiger partial charge >= 0.3 is 0 Å². The Bertz CT molecular complexity index is 407. The van der Waals surface area contributed by atoms with E-state index in [1.807, 2.05) is 18.5 Å². The van der Waals surface area contributed by atoms with E-state index < -0.39 is 0 Å². The number of aromatic nitrogens is 2. The summed E-state index contributed by atoms with van der Waals surface area (Å²) in [5, 5.41) is 3.77. The Balaban J connectivity index is 2.01. The highest BCUT2D eigenvalue weighted by Gasteiger charge is 2.06. The maximum atomic E-state index is 5.61. The molecule has 0 aliphatic carbocycles. The highest BCUT2D eigenvalue weighted by Crippen LogP contribution is 2.32. The van der Waals surface area contributed by atoms with E-state index in [9.17, 15) is 0 Å². The fraction of sp³-hybridized carbons (Fsp3) is 0.250. The fourth-order valence-electron chi connectivity index (χ4n) is 0.988. The molecule has 0 aliphatic rings. The molecule has 2 aromatic heterocycles. The topological polar surface area (TPSA) is 51.8 Å². The number of hydrogen-bond acceptors (Lipinski definition) is 6. The minimum Gasteiger partial charge on any atom is -0.375 e. The van der Waals surface area contributed by atoms with Gasteiger partial charge in [-0.15, -0.1) is 23.1 Å². The Hall–Kier alpha value is -0.590. The lowest BCUT2D eigenvalue weighted by atomic mass is 10.6. The maximum Gasteiger partial charge on any atom is 0.181 e. The monoisotopic (exact) mass is 243 g/mol. The van der Waals surface area contributed by atoms with E-state index in [-0.39, 0.29) is 0 Å². The normalized spacial score (nSPS) is 10.6. The Morgan fingerprint density at radius 3 is 3.00 bits per heavy atom. The molecule has 0 amide bonds. The molecule has 3 nitrogen and oxygen atoms in total. The van der Waals surface area contributed by atoms with Gasteiger partial charge < -0.3 is 5.73 Å². The summed E-state index contributed by atoms with van der Waals surface area (Å²) in [5.41, 5.74) is 6.63. The molecule has 74 valence electrons. The molecule has 0 aliphatic heterocycles. The predicted molar refractivity (Wildman–Crippen MR) is 62.9 cm³/mol. The minimum atomic E-state index is 0.643. The zero-order valence-corrected chi connectivity index (χ0v) is 10.0. The van der Waals surface area contributed by atoms with E-state index in [0.717, 1.165) is 16.5 Å². The van der Waals surface area contributed by atoms with E-state index in [4.69, 9.17) is 5.73 Å². The second kappa shape index (κ2) is 4.29. The summed E-state index contributed by atoms with van der Waals surface area (Å²) >= 11 is 4.97. The van der Waals surface area contributed by atoms with Crippen molar-refractivity contribution in [3.05, 3.63) is 22.3 Å². The molecule has 2 rings (SSSR count). The second-order valence-electron chi connectivity index (χ2n) is 2.64.